The minimum Gasteiger partial charge on any atom is -0.224 e. The topological polar surface area (TPSA) is 77.3 Å². The lowest BCUT2D eigenvalue weighted by molar-refractivity contribution is 0.741. The van der Waals surface area contributed by atoms with Crippen molar-refractivity contribution >= 4 is 11.6 Å². The summed E-state index contributed by atoms with van der Waals surface area (Å²) < 4.78 is 0. The Morgan fingerprint density at radius 3 is 1.35 bits per heavy atom. The summed E-state index contributed by atoms with van der Waals surface area (Å²) in [5, 5.41) is 19.2. The first-order chi connectivity index (χ1) is 28.0. The van der Waals surface area contributed by atoms with E-state index in [-0.39, 0.29) is 0 Å². The smallest absolute Gasteiger partial charge is 0.182 e. The van der Waals surface area contributed by atoms with Gasteiger partial charge in [0.2, 0.25) is 0 Å². The number of hydrogen-bond donors (Lipinski definition) is 0. The molecule has 0 saturated heterocycles. The van der Waals surface area contributed by atoms with Gasteiger partial charge < -0.3 is 0 Å². The number of benzene rings is 6. The number of rotatable bonds is 7. The van der Waals surface area contributed by atoms with Gasteiger partial charge in [-0.25, -0.2) is 9.97 Å². The summed E-state index contributed by atoms with van der Waals surface area (Å²) >= 11 is 0. The number of fused-ring (bicyclic) bond motifs is 4. The second-order valence-electron chi connectivity index (χ2n) is 14.7. The molecule has 2 aliphatic rings. The highest BCUT2D eigenvalue weighted by molar-refractivity contribution is 5.92. The molecule has 0 bridgehead atoms. The Labute approximate surface area is 332 Å². The largest absolute Gasteiger partial charge is 0.224 e. The van der Waals surface area contributed by atoms with E-state index in [9.17, 15) is 0 Å². The first-order valence-electron chi connectivity index (χ1n) is 19.4. The van der Waals surface area contributed by atoms with Gasteiger partial charge in [0.1, 0.15) is 22.8 Å². The molecule has 0 radical (unpaired) electrons. The molecule has 0 saturated carbocycles. The van der Waals surface area contributed by atoms with Gasteiger partial charge in [0.05, 0.1) is 5.41 Å². The first kappa shape index (κ1) is 34.3. The van der Waals surface area contributed by atoms with Crippen molar-refractivity contribution in [3.63, 3.8) is 0 Å². The van der Waals surface area contributed by atoms with Gasteiger partial charge in [-0.2, -0.15) is 0 Å². The number of allylic oxidation sites excluding steroid dienone is 3. The van der Waals surface area contributed by atoms with Gasteiger partial charge in [-0.15, -0.1) is 20.4 Å². The maximum Gasteiger partial charge on any atom is 0.182 e. The summed E-state index contributed by atoms with van der Waals surface area (Å²) in [4.78, 5) is 10.5. The molecule has 57 heavy (non-hydrogen) atoms. The molecular weight excluding hydrogens is 697 g/mol. The second-order valence-corrected chi connectivity index (χ2v) is 14.7. The fourth-order valence-electron chi connectivity index (χ4n) is 8.97. The van der Waals surface area contributed by atoms with Crippen molar-refractivity contribution in [3.05, 3.63) is 191 Å². The highest BCUT2D eigenvalue weighted by Gasteiger charge is 2.49. The van der Waals surface area contributed by atoms with Crippen LogP contribution in [0, 0.1) is 0 Å². The zero-order valence-corrected chi connectivity index (χ0v) is 32.0. The molecule has 272 valence electrons. The van der Waals surface area contributed by atoms with Crippen LogP contribution in [-0.4, -0.2) is 30.4 Å². The van der Waals surface area contributed by atoms with Crippen molar-refractivity contribution in [2.24, 2.45) is 0 Å². The van der Waals surface area contributed by atoms with Gasteiger partial charge in [0.25, 0.3) is 0 Å². The summed E-state index contributed by atoms with van der Waals surface area (Å²) in [6, 6.07) is 54.1. The minimum absolute atomic E-state index is 0.471. The average molecular weight is 735 g/mol. The van der Waals surface area contributed by atoms with E-state index in [1.54, 1.807) is 0 Å². The van der Waals surface area contributed by atoms with Gasteiger partial charge in [0, 0.05) is 33.4 Å². The number of aromatic nitrogens is 6. The highest BCUT2D eigenvalue weighted by Crippen LogP contribution is 2.59. The van der Waals surface area contributed by atoms with Crippen molar-refractivity contribution in [1.29, 1.82) is 0 Å². The van der Waals surface area contributed by atoms with E-state index >= 15 is 0 Å². The fourth-order valence-corrected chi connectivity index (χ4v) is 8.97. The molecule has 0 aliphatic heterocycles. The molecular formula is C51H38N6. The Morgan fingerprint density at radius 2 is 0.877 bits per heavy atom. The number of hydrogen-bond acceptors (Lipinski definition) is 6. The molecule has 0 amide bonds. The van der Waals surface area contributed by atoms with Crippen LogP contribution in [0.4, 0.5) is 0 Å². The summed E-state index contributed by atoms with van der Waals surface area (Å²) in [6.07, 6.45) is 3.25. The van der Waals surface area contributed by atoms with Crippen molar-refractivity contribution in [1.82, 2.24) is 30.4 Å². The maximum absolute atomic E-state index is 5.24. The standard InChI is InChI=1S/C51H38N6/c1-4-41-33(3)51(44-31-40(27-28-42(41)44)50-53-46(35-19-11-6-12-20-35)48(55-57-50)37-23-15-8-16-24-37)32(2)29-38-25-26-39(30-43(38)51)49-52-45(34-17-9-5-10-18-34)47(54-56-49)36-21-13-7-14-22-36/h5-31H,4H2,1-3H3. The summed E-state index contributed by atoms with van der Waals surface area (Å²) in [5.41, 5.74) is 17.3. The van der Waals surface area contributed by atoms with Crippen LogP contribution in [-0.2, 0) is 5.41 Å². The molecule has 6 heteroatoms. The van der Waals surface area contributed by atoms with Crippen molar-refractivity contribution in [2.75, 3.05) is 0 Å². The molecule has 2 heterocycles. The molecule has 2 aliphatic carbocycles. The quantitative estimate of drug-likeness (QED) is 0.162. The lowest BCUT2D eigenvalue weighted by Crippen LogP contribution is -2.27. The van der Waals surface area contributed by atoms with Gasteiger partial charge in [0.15, 0.2) is 11.6 Å². The second kappa shape index (κ2) is 13.8. The highest BCUT2D eigenvalue weighted by atomic mass is 15.2. The molecule has 1 spiro atoms. The number of nitrogens with zero attached hydrogens (tertiary/aromatic N) is 6. The molecule has 6 nitrogen and oxygen atoms in total. The average Bonchev–Trinajstić information content (AvgIpc) is 3.72. The van der Waals surface area contributed by atoms with Crippen LogP contribution >= 0.6 is 0 Å². The molecule has 8 aromatic rings. The zero-order valence-electron chi connectivity index (χ0n) is 32.0. The van der Waals surface area contributed by atoms with E-state index in [1.807, 2.05) is 72.8 Å². The van der Waals surface area contributed by atoms with Crippen molar-refractivity contribution in [2.45, 2.75) is 32.6 Å². The van der Waals surface area contributed by atoms with Crippen LogP contribution < -0.4 is 0 Å². The molecule has 6 aromatic carbocycles. The lowest BCUT2D eigenvalue weighted by Gasteiger charge is -2.32. The van der Waals surface area contributed by atoms with E-state index < -0.39 is 5.41 Å². The van der Waals surface area contributed by atoms with Crippen LogP contribution in [0.3, 0.4) is 0 Å². The van der Waals surface area contributed by atoms with Gasteiger partial charge in [-0.1, -0.05) is 170 Å². The predicted molar refractivity (Wildman–Crippen MR) is 230 cm³/mol. The van der Waals surface area contributed by atoms with E-state index in [2.05, 4.69) is 112 Å². The molecule has 10 rings (SSSR count). The lowest BCUT2D eigenvalue weighted by atomic mass is 9.69. The van der Waals surface area contributed by atoms with E-state index in [0.717, 1.165) is 62.6 Å². The monoisotopic (exact) mass is 734 g/mol. The van der Waals surface area contributed by atoms with Gasteiger partial charge in [-0.05, 0) is 60.2 Å². The molecule has 0 N–H and O–H groups in total. The summed E-state index contributed by atoms with van der Waals surface area (Å²) in [6.45, 7) is 6.82. The van der Waals surface area contributed by atoms with E-state index in [0.29, 0.717) is 11.6 Å². The Balaban J connectivity index is 1.12. The van der Waals surface area contributed by atoms with E-state index in [1.165, 1.54) is 39.0 Å². The third kappa shape index (κ3) is 5.55. The van der Waals surface area contributed by atoms with Crippen LogP contribution in [0.15, 0.2) is 169 Å². The molecule has 2 aromatic heterocycles. The maximum atomic E-state index is 5.24. The minimum atomic E-state index is -0.471. The van der Waals surface area contributed by atoms with Crippen LogP contribution in [0.5, 0.6) is 0 Å². The summed E-state index contributed by atoms with van der Waals surface area (Å²) in [7, 11) is 0. The van der Waals surface area contributed by atoms with Crippen molar-refractivity contribution < 1.29 is 0 Å². The summed E-state index contributed by atoms with van der Waals surface area (Å²) in [5.74, 6) is 1.18. The molecule has 0 fully saturated rings. The fraction of sp³-hybridized carbons (Fsp3) is 0.0980. The Morgan fingerprint density at radius 1 is 0.439 bits per heavy atom. The van der Waals surface area contributed by atoms with Crippen LogP contribution in [0.2, 0.25) is 0 Å². The predicted octanol–water partition coefficient (Wildman–Crippen LogP) is 12.0. The third-order valence-electron chi connectivity index (χ3n) is 11.6. The van der Waals surface area contributed by atoms with Crippen molar-refractivity contribution in [3.8, 4) is 67.8 Å². The molecule has 1 unspecified atom stereocenters. The van der Waals surface area contributed by atoms with E-state index in [4.69, 9.17) is 30.4 Å². The Bertz CT molecular complexity index is 2890. The van der Waals surface area contributed by atoms with Crippen LogP contribution in [0.25, 0.3) is 79.5 Å². The van der Waals surface area contributed by atoms with Crippen LogP contribution in [0.1, 0.15) is 49.4 Å². The normalized spacial score (nSPS) is 15.5. The Hall–Kier alpha value is -7.18. The Kier molecular flexibility index (Phi) is 8.33. The van der Waals surface area contributed by atoms with Gasteiger partial charge >= 0.3 is 0 Å². The first-order valence-corrected chi connectivity index (χ1v) is 19.4. The molecule has 1 atom stereocenters. The third-order valence-corrected chi connectivity index (χ3v) is 11.6. The zero-order chi connectivity index (χ0) is 38.5. The van der Waals surface area contributed by atoms with Gasteiger partial charge in [-0.3, -0.25) is 0 Å². The SMILES string of the molecule is CCC1=C(C)C2(C(C)=Cc3ccc(-c4nnc(-c5ccccc5)c(-c5ccccc5)n4)cc32)c2cc(-c3nnc(-c4ccccc4)c(-c4ccccc4)n3)ccc21.